The number of nitrogens with zero attached hydrogens (tertiary/aromatic N) is 3. The number of anilines is 1. The SMILES string of the molecule is O=C(c1ccc(-c2ccn[nH]2)cc1)N1CCC(Nc2ccccn2)CC1. The van der Waals surface area contributed by atoms with E-state index in [-0.39, 0.29) is 5.91 Å². The van der Waals surface area contributed by atoms with E-state index in [4.69, 9.17) is 0 Å². The quantitative estimate of drug-likeness (QED) is 0.760. The molecule has 0 atom stereocenters. The van der Waals surface area contributed by atoms with Crippen LogP contribution in [0.1, 0.15) is 23.2 Å². The normalized spacial score (nSPS) is 15.0. The number of likely N-dealkylation sites (tertiary alicyclic amines) is 1. The Kier molecular flexibility index (Phi) is 4.64. The van der Waals surface area contributed by atoms with E-state index in [0.29, 0.717) is 6.04 Å². The zero-order chi connectivity index (χ0) is 17.8. The number of aromatic amines is 1. The zero-order valence-corrected chi connectivity index (χ0v) is 14.4. The predicted molar refractivity (Wildman–Crippen MR) is 101 cm³/mol. The Morgan fingerprint density at radius 3 is 2.50 bits per heavy atom. The van der Waals surface area contributed by atoms with Gasteiger partial charge in [0, 0.05) is 37.1 Å². The molecule has 0 bridgehead atoms. The number of pyridine rings is 1. The first-order chi connectivity index (χ1) is 12.8. The Bertz CT molecular complexity index is 838. The van der Waals surface area contributed by atoms with Crippen LogP contribution >= 0.6 is 0 Å². The van der Waals surface area contributed by atoms with Crippen molar-refractivity contribution < 1.29 is 4.79 Å². The molecule has 0 spiro atoms. The third kappa shape index (κ3) is 3.59. The van der Waals surface area contributed by atoms with Crippen LogP contribution in [0.2, 0.25) is 0 Å². The van der Waals surface area contributed by atoms with Gasteiger partial charge in [0.1, 0.15) is 5.82 Å². The second-order valence-corrected chi connectivity index (χ2v) is 6.47. The molecule has 6 nitrogen and oxygen atoms in total. The number of H-pyrrole nitrogens is 1. The highest BCUT2D eigenvalue weighted by atomic mass is 16.2. The number of aromatic nitrogens is 3. The summed E-state index contributed by atoms with van der Waals surface area (Å²) in [5.74, 6) is 0.990. The van der Waals surface area contributed by atoms with Gasteiger partial charge in [0.05, 0.1) is 5.69 Å². The summed E-state index contributed by atoms with van der Waals surface area (Å²) in [5.41, 5.74) is 2.70. The van der Waals surface area contributed by atoms with Gasteiger partial charge < -0.3 is 10.2 Å². The molecule has 2 N–H and O–H groups in total. The standard InChI is InChI=1S/C20H21N5O/c26-20(16-6-4-15(5-7-16)18-8-12-22-24-18)25-13-9-17(10-14-25)23-19-3-1-2-11-21-19/h1-8,11-12,17H,9-10,13-14H2,(H,21,23)(H,22,24). The number of carbonyl (C=O) groups is 1. The molecule has 1 aliphatic heterocycles. The summed E-state index contributed by atoms with van der Waals surface area (Å²) in [6.45, 7) is 1.51. The first-order valence-corrected chi connectivity index (χ1v) is 8.86. The molecule has 1 aliphatic rings. The lowest BCUT2D eigenvalue weighted by molar-refractivity contribution is 0.0718. The fraction of sp³-hybridized carbons (Fsp3) is 0.250. The number of nitrogens with one attached hydrogen (secondary N) is 2. The molecule has 0 unspecified atom stereocenters. The largest absolute Gasteiger partial charge is 0.367 e. The van der Waals surface area contributed by atoms with Gasteiger partial charge in [0.15, 0.2) is 0 Å². The van der Waals surface area contributed by atoms with Gasteiger partial charge in [-0.1, -0.05) is 18.2 Å². The molecule has 3 heterocycles. The third-order valence-electron chi connectivity index (χ3n) is 4.74. The topological polar surface area (TPSA) is 73.9 Å². The van der Waals surface area contributed by atoms with Gasteiger partial charge in [-0.25, -0.2) is 4.98 Å². The van der Waals surface area contributed by atoms with Crippen molar-refractivity contribution in [2.24, 2.45) is 0 Å². The number of hydrogen-bond acceptors (Lipinski definition) is 4. The molecule has 132 valence electrons. The summed E-state index contributed by atoms with van der Waals surface area (Å²) in [6.07, 6.45) is 5.36. The molecule has 0 aliphatic carbocycles. The molecule has 4 rings (SSSR count). The molecular formula is C20H21N5O. The molecule has 0 saturated carbocycles. The summed E-state index contributed by atoms with van der Waals surface area (Å²) in [6, 6.07) is 15.8. The van der Waals surface area contributed by atoms with Gasteiger partial charge in [0.2, 0.25) is 0 Å². The maximum absolute atomic E-state index is 12.7. The maximum Gasteiger partial charge on any atom is 0.253 e. The van der Waals surface area contributed by atoms with Crippen LogP contribution in [-0.2, 0) is 0 Å². The van der Waals surface area contributed by atoms with Crippen LogP contribution in [0.25, 0.3) is 11.3 Å². The van der Waals surface area contributed by atoms with Gasteiger partial charge in [-0.2, -0.15) is 5.10 Å². The molecule has 1 amide bonds. The summed E-state index contributed by atoms with van der Waals surface area (Å²) in [4.78, 5) is 19.0. The van der Waals surface area contributed by atoms with Crippen LogP contribution in [0.15, 0.2) is 60.9 Å². The summed E-state index contributed by atoms with van der Waals surface area (Å²) < 4.78 is 0. The van der Waals surface area contributed by atoms with E-state index in [9.17, 15) is 4.79 Å². The maximum atomic E-state index is 12.7. The summed E-state index contributed by atoms with van der Waals surface area (Å²) in [7, 11) is 0. The molecule has 0 radical (unpaired) electrons. The first-order valence-electron chi connectivity index (χ1n) is 8.86. The molecule has 1 fully saturated rings. The van der Waals surface area contributed by atoms with Crippen LogP contribution in [0, 0.1) is 0 Å². The summed E-state index contributed by atoms with van der Waals surface area (Å²) >= 11 is 0. The highest BCUT2D eigenvalue weighted by molar-refractivity contribution is 5.94. The Morgan fingerprint density at radius 1 is 1.04 bits per heavy atom. The van der Waals surface area contributed by atoms with Crippen LogP contribution in [0.5, 0.6) is 0 Å². The second kappa shape index (κ2) is 7.39. The van der Waals surface area contributed by atoms with Crippen LogP contribution in [-0.4, -0.2) is 45.1 Å². The molecule has 1 aromatic carbocycles. The van der Waals surface area contributed by atoms with E-state index in [1.165, 1.54) is 0 Å². The highest BCUT2D eigenvalue weighted by Gasteiger charge is 2.23. The van der Waals surface area contributed by atoms with E-state index in [2.05, 4.69) is 20.5 Å². The van der Waals surface area contributed by atoms with Crippen molar-refractivity contribution in [3.63, 3.8) is 0 Å². The van der Waals surface area contributed by atoms with Gasteiger partial charge in [-0.05, 0) is 48.7 Å². The van der Waals surface area contributed by atoms with Crippen LogP contribution < -0.4 is 5.32 Å². The minimum Gasteiger partial charge on any atom is -0.367 e. The number of rotatable bonds is 4. The minimum absolute atomic E-state index is 0.0949. The van der Waals surface area contributed by atoms with Crippen molar-refractivity contribution in [2.75, 3.05) is 18.4 Å². The number of hydrogen-bond donors (Lipinski definition) is 2. The Labute approximate surface area is 152 Å². The fourth-order valence-corrected chi connectivity index (χ4v) is 3.28. The van der Waals surface area contributed by atoms with Crippen molar-refractivity contribution in [3.8, 4) is 11.3 Å². The van der Waals surface area contributed by atoms with Gasteiger partial charge in [-0.15, -0.1) is 0 Å². The molecule has 1 saturated heterocycles. The second-order valence-electron chi connectivity index (χ2n) is 6.47. The summed E-state index contributed by atoms with van der Waals surface area (Å²) in [5, 5.41) is 10.3. The van der Waals surface area contributed by atoms with Gasteiger partial charge in [-0.3, -0.25) is 9.89 Å². The molecule has 2 aromatic heterocycles. The zero-order valence-electron chi connectivity index (χ0n) is 14.4. The lowest BCUT2D eigenvalue weighted by Gasteiger charge is -2.32. The molecular weight excluding hydrogens is 326 g/mol. The predicted octanol–water partition coefficient (Wildman–Crippen LogP) is 3.19. The van der Waals surface area contributed by atoms with E-state index in [1.54, 1.807) is 12.4 Å². The van der Waals surface area contributed by atoms with E-state index in [0.717, 1.165) is 48.6 Å². The molecule has 26 heavy (non-hydrogen) atoms. The number of benzene rings is 1. The van der Waals surface area contributed by atoms with Crippen molar-refractivity contribution in [3.05, 3.63) is 66.5 Å². The van der Waals surface area contributed by atoms with Crippen LogP contribution in [0.3, 0.4) is 0 Å². The number of piperidine rings is 1. The van der Waals surface area contributed by atoms with Crippen molar-refractivity contribution in [1.82, 2.24) is 20.1 Å². The van der Waals surface area contributed by atoms with Crippen molar-refractivity contribution >= 4 is 11.7 Å². The minimum atomic E-state index is 0.0949. The third-order valence-corrected chi connectivity index (χ3v) is 4.74. The van der Waals surface area contributed by atoms with Crippen molar-refractivity contribution in [2.45, 2.75) is 18.9 Å². The number of amides is 1. The Balaban J connectivity index is 1.34. The number of carbonyl (C=O) groups excluding carboxylic acids is 1. The van der Waals surface area contributed by atoms with Crippen molar-refractivity contribution in [1.29, 1.82) is 0 Å². The first kappa shape index (κ1) is 16.3. The van der Waals surface area contributed by atoms with E-state index < -0.39 is 0 Å². The lowest BCUT2D eigenvalue weighted by atomic mass is 10.0. The van der Waals surface area contributed by atoms with E-state index in [1.807, 2.05) is 53.4 Å². The highest BCUT2D eigenvalue weighted by Crippen LogP contribution is 2.20. The van der Waals surface area contributed by atoms with E-state index >= 15 is 0 Å². The van der Waals surface area contributed by atoms with Gasteiger partial charge in [0.25, 0.3) is 5.91 Å². The fourth-order valence-electron chi connectivity index (χ4n) is 3.28. The lowest BCUT2D eigenvalue weighted by Crippen LogP contribution is -2.42. The smallest absolute Gasteiger partial charge is 0.253 e. The van der Waals surface area contributed by atoms with Gasteiger partial charge >= 0.3 is 0 Å². The Morgan fingerprint density at radius 2 is 1.85 bits per heavy atom. The Hall–Kier alpha value is -3.15. The average molecular weight is 347 g/mol. The average Bonchev–Trinajstić information content (AvgIpc) is 3.24. The molecule has 6 heteroatoms. The van der Waals surface area contributed by atoms with Crippen LogP contribution in [0.4, 0.5) is 5.82 Å². The monoisotopic (exact) mass is 347 g/mol. The molecule has 3 aromatic rings.